The zero-order valence-electron chi connectivity index (χ0n) is 42.7. The molecule has 7 atom stereocenters. The molecule has 3 heterocycles. The monoisotopic (exact) mass is 1010 g/mol. The maximum atomic E-state index is 14.0. The minimum atomic E-state index is -1.06. The second kappa shape index (κ2) is 18.9. The molecule has 3 saturated carbocycles. The highest BCUT2D eigenvalue weighted by molar-refractivity contribution is 6.13. The zero-order chi connectivity index (χ0) is 51.1. The molecule has 390 valence electrons. The number of allylic oxidation sites excluding steroid dienone is 1. The van der Waals surface area contributed by atoms with Crippen LogP contribution in [0.5, 0.6) is 34.5 Å². The van der Waals surface area contributed by atoms with Crippen molar-refractivity contribution in [1.29, 1.82) is 0 Å². The Kier molecular flexibility index (Phi) is 12.5. The lowest BCUT2D eigenvalue weighted by atomic mass is 9.41. The molecule has 3 fully saturated rings. The number of carbonyl (C=O) groups excluding carboxylic acids is 2. The van der Waals surface area contributed by atoms with Crippen LogP contribution in [0.2, 0.25) is 0 Å². The Balaban J connectivity index is 0.907. The highest BCUT2D eigenvalue weighted by atomic mass is 16.5. The summed E-state index contributed by atoms with van der Waals surface area (Å²) in [7, 11) is 3.12. The molecular weight excluding hydrogens is 939 g/mol. The predicted octanol–water partition coefficient (Wildman–Crippen LogP) is 8.91. The molecule has 0 radical (unpaired) electrons. The summed E-state index contributed by atoms with van der Waals surface area (Å²) in [4.78, 5) is 29.7. The maximum Gasteiger partial charge on any atom is 0.254 e. The molecule has 6 N–H and O–H groups in total. The van der Waals surface area contributed by atoms with E-state index >= 15 is 0 Å². The Morgan fingerprint density at radius 2 is 1.54 bits per heavy atom. The van der Waals surface area contributed by atoms with E-state index in [4.69, 9.17) is 23.7 Å². The number of fused-ring (bicyclic) bond motifs is 5. The van der Waals surface area contributed by atoms with Crippen molar-refractivity contribution >= 4 is 23.6 Å². The Morgan fingerprint density at radius 3 is 2.28 bits per heavy atom. The molecule has 1 spiro atoms. The van der Waals surface area contributed by atoms with Gasteiger partial charge in [0.25, 0.3) is 11.8 Å². The summed E-state index contributed by atoms with van der Waals surface area (Å²) in [5.41, 5.74) is 6.97. The van der Waals surface area contributed by atoms with Crippen LogP contribution in [0.15, 0.2) is 66.8 Å². The number of nitrogens with one attached hydrogen (secondary N) is 2. The number of methoxy groups -OCH3 is 2. The Labute approximate surface area is 432 Å². The summed E-state index contributed by atoms with van der Waals surface area (Å²) < 4.78 is 31.3. The van der Waals surface area contributed by atoms with E-state index in [1.165, 1.54) is 19.3 Å². The van der Waals surface area contributed by atoms with Crippen LogP contribution in [0.3, 0.4) is 0 Å². The number of benzene rings is 4. The van der Waals surface area contributed by atoms with Crippen molar-refractivity contribution in [3.8, 4) is 45.6 Å². The van der Waals surface area contributed by atoms with Crippen LogP contribution in [0.25, 0.3) is 17.2 Å². The van der Waals surface area contributed by atoms with Crippen LogP contribution in [0, 0.1) is 23.2 Å². The first-order chi connectivity index (χ1) is 36.0. The van der Waals surface area contributed by atoms with Gasteiger partial charge in [-0.25, -0.2) is 0 Å². The van der Waals surface area contributed by atoms with Crippen molar-refractivity contribution in [1.82, 2.24) is 10.2 Å². The van der Waals surface area contributed by atoms with E-state index in [-0.39, 0.29) is 72.9 Å². The van der Waals surface area contributed by atoms with Gasteiger partial charge in [0.05, 0.1) is 51.2 Å². The van der Waals surface area contributed by atoms with E-state index in [9.17, 15) is 30.0 Å². The number of aromatic hydroxyl groups is 1. The van der Waals surface area contributed by atoms with Gasteiger partial charge in [-0.2, -0.15) is 0 Å². The third-order valence-corrected chi connectivity index (χ3v) is 19.0. The number of imide groups is 1. The van der Waals surface area contributed by atoms with Gasteiger partial charge in [-0.05, 0) is 110 Å². The number of rotatable bonds is 14. The Hall–Kier alpha value is -6.06. The van der Waals surface area contributed by atoms with Crippen molar-refractivity contribution in [3.05, 3.63) is 106 Å². The Morgan fingerprint density at radius 1 is 0.811 bits per heavy atom. The molecule has 74 heavy (non-hydrogen) atoms. The van der Waals surface area contributed by atoms with Crippen LogP contribution in [0.4, 0.5) is 5.69 Å². The number of aliphatic hydroxyl groups excluding tert-OH is 3. The molecule has 3 aliphatic heterocycles. The van der Waals surface area contributed by atoms with Crippen molar-refractivity contribution < 1.29 is 53.7 Å². The molecule has 14 heteroatoms. The van der Waals surface area contributed by atoms with E-state index in [1.807, 2.05) is 25.1 Å². The van der Waals surface area contributed by atoms with Crippen LogP contribution in [-0.2, 0) is 27.8 Å². The fourth-order valence-corrected chi connectivity index (χ4v) is 16.0. The van der Waals surface area contributed by atoms with Crippen LogP contribution < -0.4 is 34.3 Å². The number of hydrogen-bond donors (Lipinski definition) is 6. The minimum absolute atomic E-state index is 0.0400. The predicted molar refractivity (Wildman–Crippen MR) is 279 cm³/mol. The fraction of sp³-hybridized carbons (Fsp3) is 0.500. The third-order valence-electron chi connectivity index (χ3n) is 19.0. The van der Waals surface area contributed by atoms with E-state index in [0.717, 1.165) is 104 Å². The number of phenols is 1. The first-order valence-corrected chi connectivity index (χ1v) is 27.0. The van der Waals surface area contributed by atoms with Crippen molar-refractivity contribution in [2.75, 3.05) is 52.6 Å². The molecule has 8 aliphatic rings. The second-order valence-electron chi connectivity index (χ2n) is 22.2. The maximum absolute atomic E-state index is 14.0. The smallest absolute Gasteiger partial charge is 0.254 e. The van der Waals surface area contributed by atoms with Gasteiger partial charge in [0.15, 0.2) is 17.7 Å². The highest BCUT2D eigenvalue weighted by Gasteiger charge is 2.67. The fourth-order valence-electron chi connectivity index (χ4n) is 16.0. The first kappa shape index (κ1) is 48.9. The largest absolute Gasteiger partial charge is 0.502 e. The third kappa shape index (κ3) is 7.32. The lowest BCUT2D eigenvalue weighted by Crippen LogP contribution is -2.68. The van der Waals surface area contributed by atoms with Crippen molar-refractivity contribution in [2.45, 2.75) is 120 Å². The molecule has 5 aliphatic carbocycles. The zero-order valence-corrected chi connectivity index (χ0v) is 42.7. The van der Waals surface area contributed by atoms with E-state index in [1.54, 1.807) is 24.1 Å². The van der Waals surface area contributed by atoms with Gasteiger partial charge >= 0.3 is 0 Å². The quantitative estimate of drug-likeness (QED) is 0.0400. The number of phenolic OH excluding ortho intramolecular Hbond substituents is 1. The SMILES string of the molecule is CCNCOc1cc(OC)c2c3c1C(O)Nc1cc4c(c(c1-3)CC2)C(O)C(c1cc(OC)c(O)c(OCC(CO)C23CCC5(CCCC5)C(C5(N6C(=O)C=CC6=O)CCCCC5)C2C=Cc2ccccc23)c1)CO4. The molecule has 12 rings (SSSR count). The average molecular weight is 1010 g/mol. The van der Waals surface area contributed by atoms with Gasteiger partial charge in [0.2, 0.25) is 5.75 Å². The average Bonchev–Trinajstić information content (AvgIpc) is 4.04. The van der Waals surface area contributed by atoms with Gasteiger partial charge in [0.1, 0.15) is 24.0 Å². The van der Waals surface area contributed by atoms with Crippen molar-refractivity contribution in [3.63, 3.8) is 0 Å². The molecule has 4 aromatic rings. The summed E-state index contributed by atoms with van der Waals surface area (Å²) in [5.74, 6) is 0.123. The number of aliphatic hydroxyl groups is 3. The Bertz CT molecular complexity index is 2940. The van der Waals surface area contributed by atoms with E-state index in [2.05, 4.69) is 41.0 Å². The van der Waals surface area contributed by atoms with Gasteiger partial charge < -0.3 is 49.4 Å². The molecule has 0 aromatic heterocycles. The van der Waals surface area contributed by atoms with E-state index in [0.29, 0.717) is 59.0 Å². The lowest BCUT2D eigenvalue weighted by molar-refractivity contribution is -0.164. The molecular formula is C60H69N3O11. The number of nitrogens with zero attached hydrogens (tertiary/aromatic N) is 1. The van der Waals surface area contributed by atoms with E-state index < -0.39 is 35.1 Å². The number of ether oxygens (including phenoxy) is 5. The summed E-state index contributed by atoms with van der Waals surface area (Å²) in [6, 6.07) is 15.6. The summed E-state index contributed by atoms with van der Waals surface area (Å²) in [6.07, 6.45) is 16.9. The van der Waals surface area contributed by atoms with Gasteiger partial charge in [0, 0.05) is 69.5 Å². The standard InChI is InChI=1S/C60H69N3O11/c1-4-61-33-74-45-29-43(70-2)37-15-16-38-50-42(62-57(69)53(45)52(37)50)28-44-51(38)54(67)39(32-73-44)35-26-46(71-3)55(68)47(27-35)72-31-36(30-64)60-25-24-58(20-10-11-21-58)56(41(60)17-14-34-12-6-7-13-40(34)60)59(22-8-5-9-23-59)63-48(65)18-19-49(63)66/h6-7,12-14,17-19,26-29,36,39,41,54,56-57,61-62,64,67-69H,4-5,8-11,15-16,20-25,30-33H2,1-3H3. The van der Waals surface area contributed by atoms with Crippen LogP contribution in [0.1, 0.15) is 135 Å². The lowest BCUT2D eigenvalue weighted by Gasteiger charge is -2.65. The number of hydrogen-bond acceptors (Lipinski definition) is 13. The van der Waals surface area contributed by atoms with Crippen molar-refractivity contribution in [2.24, 2.45) is 23.2 Å². The molecule has 7 unspecified atom stereocenters. The first-order valence-electron chi connectivity index (χ1n) is 27.0. The summed E-state index contributed by atoms with van der Waals surface area (Å²) in [6.45, 7) is 2.89. The van der Waals surface area contributed by atoms with Crippen LogP contribution in [-0.4, -0.2) is 90.0 Å². The number of anilines is 1. The number of carbonyl (C=O) groups is 2. The molecule has 0 saturated heterocycles. The number of amides is 2. The topological polar surface area (TPSA) is 189 Å². The summed E-state index contributed by atoms with van der Waals surface area (Å²) >= 11 is 0. The summed E-state index contributed by atoms with van der Waals surface area (Å²) in [5, 5.41) is 54.6. The molecule has 4 aromatic carbocycles. The van der Waals surface area contributed by atoms with Gasteiger partial charge in [-0.15, -0.1) is 0 Å². The van der Waals surface area contributed by atoms with Crippen LogP contribution >= 0.6 is 0 Å². The molecule has 2 amide bonds. The second-order valence-corrected chi connectivity index (χ2v) is 22.2. The van der Waals surface area contributed by atoms with Gasteiger partial charge in [-0.3, -0.25) is 19.8 Å². The normalized spacial score (nSPS) is 26.8. The highest BCUT2D eigenvalue weighted by Crippen LogP contribution is 2.69. The minimum Gasteiger partial charge on any atom is -0.502 e. The van der Waals surface area contributed by atoms with Gasteiger partial charge in [-0.1, -0.05) is 75.4 Å². The molecule has 14 nitrogen and oxygen atoms in total. The molecule has 0 bridgehead atoms.